The van der Waals surface area contributed by atoms with Gasteiger partial charge in [-0.05, 0) is 50.6 Å². The number of nitrogens with one attached hydrogen (secondary N) is 1. The first-order valence-corrected chi connectivity index (χ1v) is 16.7. The number of dihydropyridines is 1. The number of hydrogen-bond acceptors (Lipinski definition) is 10. The molecule has 1 N–H and O–H groups in total. The number of halogens is 2. The Kier molecular flexibility index (Phi) is 13.5. The molecule has 0 aromatic heterocycles. The van der Waals surface area contributed by atoms with Crippen molar-refractivity contribution in [2.45, 2.75) is 44.6 Å². The second-order valence-corrected chi connectivity index (χ2v) is 13.0. The van der Waals surface area contributed by atoms with Crippen molar-refractivity contribution in [2.75, 3.05) is 78.1 Å². The van der Waals surface area contributed by atoms with Crippen molar-refractivity contribution in [1.29, 1.82) is 0 Å². The Bertz CT molecular complexity index is 1160. The van der Waals surface area contributed by atoms with Crippen LogP contribution in [0.3, 0.4) is 0 Å². The minimum Gasteiger partial charge on any atom is -0.462 e. The lowest BCUT2D eigenvalue weighted by Crippen LogP contribution is -2.48. The van der Waals surface area contributed by atoms with E-state index in [0.29, 0.717) is 78.7 Å². The van der Waals surface area contributed by atoms with Gasteiger partial charge in [-0.2, -0.15) is 0 Å². The number of rotatable bonds is 13. The molecule has 1 unspecified atom stereocenters. The van der Waals surface area contributed by atoms with Crippen LogP contribution < -0.4 is 5.32 Å². The summed E-state index contributed by atoms with van der Waals surface area (Å²) in [6, 6.07) is 5.59. The Morgan fingerprint density at radius 2 is 1.51 bits per heavy atom. The number of hydrogen-bond donors (Lipinski definition) is 1. The van der Waals surface area contributed by atoms with E-state index in [4.69, 9.17) is 42.1 Å². The van der Waals surface area contributed by atoms with Crippen molar-refractivity contribution >= 4 is 46.9 Å². The maximum atomic E-state index is 13.7. The zero-order valence-electron chi connectivity index (χ0n) is 25.3. The summed E-state index contributed by atoms with van der Waals surface area (Å²) in [6.07, 6.45) is 1.28. The molecule has 0 spiro atoms. The number of carbonyl (C=O) groups is 2. The molecule has 1 aromatic carbocycles. The summed E-state index contributed by atoms with van der Waals surface area (Å²) in [4.78, 5) is 32.5. The molecule has 3 heterocycles. The van der Waals surface area contributed by atoms with E-state index < -0.39 is 17.9 Å². The largest absolute Gasteiger partial charge is 0.462 e. The van der Waals surface area contributed by atoms with E-state index in [-0.39, 0.29) is 6.10 Å². The van der Waals surface area contributed by atoms with E-state index in [1.165, 1.54) is 0 Å². The van der Waals surface area contributed by atoms with E-state index in [0.717, 1.165) is 49.7 Å². The second-order valence-electron chi connectivity index (χ2n) is 11.0. The summed E-state index contributed by atoms with van der Waals surface area (Å²) in [6.45, 7) is 13.1. The van der Waals surface area contributed by atoms with Crippen molar-refractivity contribution in [3.63, 3.8) is 0 Å². The zero-order chi connectivity index (χ0) is 30.8. The van der Waals surface area contributed by atoms with Crippen LogP contribution in [-0.2, 0) is 28.5 Å². The predicted octanol–water partition coefficient (Wildman–Crippen LogP) is 4.77. The summed E-state index contributed by atoms with van der Waals surface area (Å²) in [5.41, 5.74) is 2.31. The number of benzene rings is 1. The lowest BCUT2D eigenvalue weighted by molar-refractivity contribution is -0.148. The molecule has 3 aliphatic heterocycles. The first kappa shape index (κ1) is 34.1. The SMILES string of the molecule is CC1=C(C(=O)OCCCCSc2ccc(Cl)c(Cl)c2)C(C)C(C(=O)OC(CN2CCOCC2)CN2CCOCC2)=C(C)N1. The minimum atomic E-state index is -0.459. The lowest BCUT2D eigenvalue weighted by atomic mass is 9.87. The standard InChI is InChI=1S/C31H43Cl2N3O6S/c1-21-28(30(37)41-12-4-5-17-43-25-6-7-26(32)27(33)18-25)22(2)34-23(3)29(21)31(38)42-24(19-35-8-13-39-14-9-35)20-36-10-15-40-16-11-36/h6-7,18,21,24,34H,4-5,8-17,19-20H2,1-3H3. The summed E-state index contributed by atoms with van der Waals surface area (Å²) >= 11 is 13.8. The number of allylic oxidation sites excluding steroid dienone is 2. The van der Waals surface area contributed by atoms with Crippen LogP contribution in [0.2, 0.25) is 10.0 Å². The molecule has 4 rings (SSSR count). The Morgan fingerprint density at radius 3 is 2.09 bits per heavy atom. The van der Waals surface area contributed by atoms with E-state index in [1.807, 2.05) is 32.9 Å². The van der Waals surface area contributed by atoms with Gasteiger partial charge in [-0.25, -0.2) is 9.59 Å². The van der Waals surface area contributed by atoms with Gasteiger partial charge in [0.1, 0.15) is 6.10 Å². The molecule has 0 amide bonds. The van der Waals surface area contributed by atoms with Crippen molar-refractivity contribution in [3.05, 3.63) is 50.8 Å². The van der Waals surface area contributed by atoms with Gasteiger partial charge in [0, 0.05) is 61.5 Å². The molecular weight excluding hydrogens is 613 g/mol. The second kappa shape index (κ2) is 17.1. The first-order valence-electron chi connectivity index (χ1n) is 15.0. The lowest BCUT2D eigenvalue weighted by Gasteiger charge is -2.35. The van der Waals surface area contributed by atoms with Gasteiger partial charge in [0.15, 0.2) is 0 Å². The highest BCUT2D eigenvalue weighted by Gasteiger charge is 2.35. The zero-order valence-corrected chi connectivity index (χ0v) is 27.6. The summed E-state index contributed by atoms with van der Waals surface area (Å²) in [7, 11) is 0. The molecular formula is C31H43Cl2N3O6S. The Morgan fingerprint density at radius 1 is 0.930 bits per heavy atom. The maximum absolute atomic E-state index is 13.7. The molecule has 238 valence electrons. The third kappa shape index (κ3) is 10.1. The fourth-order valence-corrected chi connectivity index (χ4v) is 6.88. The maximum Gasteiger partial charge on any atom is 0.336 e. The highest BCUT2D eigenvalue weighted by atomic mass is 35.5. The molecule has 43 heavy (non-hydrogen) atoms. The fourth-order valence-electron chi connectivity index (χ4n) is 5.56. The molecule has 2 fully saturated rings. The van der Waals surface area contributed by atoms with Gasteiger partial charge in [-0.1, -0.05) is 30.1 Å². The van der Waals surface area contributed by atoms with Crippen LogP contribution in [0.15, 0.2) is 45.6 Å². The van der Waals surface area contributed by atoms with Crippen LogP contribution in [0.5, 0.6) is 0 Å². The summed E-state index contributed by atoms with van der Waals surface area (Å²) in [5.74, 6) is -0.408. The van der Waals surface area contributed by atoms with Crippen molar-refractivity contribution in [2.24, 2.45) is 5.92 Å². The number of carbonyl (C=O) groups excluding carboxylic acids is 2. The van der Waals surface area contributed by atoms with Gasteiger partial charge in [0.05, 0.1) is 54.2 Å². The monoisotopic (exact) mass is 655 g/mol. The summed E-state index contributed by atoms with van der Waals surface area (Å²) < 4.78 is 22.8. The van der Waals surface area contributed by atoms with Gasteiger partial charge < -0.3 is 24.3 Å². The third-order valence-electron chi connectivity index (χ3n) is 7.83. The number of esters is 2. The minimum absolute atomic E-state index is 0.300. The van der Waals surface area contributed by atoms with Crippen LogP contribution in [0.4, 0.5) is 0 Å². The third-order valence-corrected chi connectivity index (χ3v) is 9.64. The molecule has 1 atom stereocenters. The number of nitrogens with zero attached hydrogens (tertiary/aromatic N) is 2. The van der Waals surface area contributed by atoms with Gasteiger partial charge in [0.2, 0.25) is 0 Å². The van der Waals surface area contributed by atoms with Crippen LogP contribution in [0.1, 0.15) is 33.6 Å². The van der Waals surface area contributed by atoms with Crippen LogP contribution >= 0.6 is 35.0 Å². The van der Waals surface area contributed by atoms with E-state index >= 15 is 0 Å². The molecule has 3 aliphatic rings. The number of unbranched alkanes of at least 4 members (excludes halogenated alkanes) is 1. The van der Waals surface area contributed by atoms with E-state index in [2.05, 4.69) is 15.1 Å². The summed E-state index contributed by atoms with van der Waals surface area (Å²) in [5, 5.41) is 4.30. The van der Waals surface area contributed by atoms with E-state index in [9.17, 15) is 9.59 Å². The highest BCUT2D eigenvalue weighted by molar-refractivity contribution is 7.99. The quantitative estimate of drug-likeness (QED) is 0.182. The van der Waals surface area contributed by atoms with Gasteiger partial charge in [0.25, 0.3) is 0 Å². The van der Waals surface area contributed by atoms with Crippen molar-refractivity contribution in [1.82, 2.24) is 15.1 Å². The molecule has 1 aromatic rings. The van der Waals surface area contributed by atoms with Crippen molar-refractivity contribution in [3.8, 4) is 0 Å². The van der Waals surface area contributed by atoms with Gasteiger partial charge in [-0.15, -0.1) is 11.8 Å². The first-order chi connectivity index (χ1) is 20.7. The van der Waals surface area contributed by atoms with Crippen LogP contribution in [0.25, 0.3) is 0 Å². The molecule has 12 heteroatoms. The highest BCUT2D eigenvalue weighted by Crippen LogP contribution is 2.32. The molecule has 2 saturated heterocycles. The number of thioether (sulfide) groups is 1. The predicted molar refractivity (Wildman–Crippen MR) is 169 cm³/mol. The molecule has 9 nitrogen and oxygen atoms in total. The van der Waals surface area contributed by atoms with E-state index in [1.54, 1.807) is 17.8 Å². The number of morpholine rings is 2. The average molecular weight is 657 g/mol. The smallest absolute Gasteiger partial charge is 0.336 e. The van der Waals surface area contributed by atoms with Gasteiger partial charge in [-0.3, -0.25) is 9.80 Å². The Balaban J connectivity index is 1.30. The van der Waals surface area contributed by atoms with Gasteiger partial charge >= 0.3 is 11.9 Å². The van der Waals surface area contributed by atoms with Crippen molar-refractivity contribution < 1.29 is 28.5 Å². The van der Waals surface area contributed by atoms with Crippen LogP contribution in [-0.4, -0.2) is 106 Å². The topological polar surface area (TPSA) is 89.6 Å². The Labute approximate surface area is 269 Å². The molecule has 0 radical (unpaired) electrons. The fraction of sp³-hybridized carbons (Fsp3) is 0.613. The Hall–Kier alpha value is -1.79. The normalized spacial score (nSPS) is 20.4. The molecule has 0 saturated carbocycles. The van der Waals surface area contributed by atoms with Crippen LogP contribution in [0, 0.1) is 5.92 Å². The molecule has 0 bridgehead atoms. The number of ether oxygens (including phenoxy) is 4. The average Bonchev–Trinajstić information content (AvgIpc) is 2.97. The molecule has 0 aliphatic carbocycles.